The molecule has 17 heavy (non-hydrogen) atoms. The Bertz CT molecular complexity index is 566. The summed E-state index contributed by atoms with van der Waals surface area (Å²) in [6.45, 7) is 0. The Morgan fingerprint density at radius 2 is 2.29 bits per heavy atom. The molecule has 0 atom stereocenters. The highest BCUT2D eigenvalue weighted by Crippen LogP contribution is 2.14. The number of nitrogens with two attached hydrogens (primary N) is 1. The second-order valence-electron chi connectivity index (χ2n) is 3.32. The normalized spacial score (nSPS) is 9.88. The van der Waals surface area contributed by atoms with Crippen LogP contribution in [-0.2, 0) is 6.42 Å². The first kappa shape index (κ1) is 10.9. The Morgan fingerprint density at radius 3 is 3.00 bits per heavy atom. The van der Waals surface area contributed by atoms with Gasteiger partial charge in [0, 0.05) is 19.2 Å². The van der Waals surface area contributed by atoms with E-state index in [-0.39, 0.29) is 6.42 Å². The summed E-state index contributed by atoms with van der Waals surface area (Å²) in [5.41, 5.74) is 6.43. The summed E-state index contributed by atoms with van der Waals surface area (Å²) in [6.07, 6.45) is 1.65. The summed E-state index contributed by atoms with van der Waals surface area (Å²) in [6, 6.07) is 5.40. The van der Waals surface area contributed by atoms with Gasteiger partial charge in [0.25, 0.3) is 0 Å². The van der Waals surface area contributed by atoms with E-state index in [2.05, 4.69) is 20.4 Å². The molecule has 0 saturated heterocycles. The van der Waals surface area contributed by atoms with Crippen molar-refractivity contribution in [1.29, 1.82) is 5.26 Å². The molecule has 0 amide bonds. The molecule has 0 bridgehead atoms. The maximum Gasteiger partial charge on any atom is 0.161 e. The Morgan fingerprint density at radius 1 is 1.47 bits per heavy atom. The van der Waals surface area contributed by atoms with Crippen LogP contribution in [0.1, 0.15) is 5.69 Å². The van der Waals surface area contributed by atoms with Crippen LogP contribution in [0.3, 0.4) is 0 Å². The molecule has 2 rings (SSSR count). The molecule has 86 valence electrons. The monoisotopic (exact) mass is 229 g/mol. The summed E-state index contributed by atoms with van der Waals surface area (Å²) < 4.78 is 1.48. The van der Waals surface area contributed by atoms with Crippen molar-refractivity contribution in [3.63, 3.8) is 0 Å². The van der Waals surface area contributed by atoms with Crippen molar-refractivity contribution in [3.8, 4) is 11.9 Å². The molecule has 0 saturated carbocycles. The van der Waals surface area contributed by atoms with E-state index in [1.54, 1.807) is 19.2 Å². The van der Waals surface area contributed by atoms with E-state index < -0.39 is 0 Å². The molecule has 0 aliphatic carbocycles. The average molecular weight is 229 g/mol. The van der Waals surface area contributed by atoms with Crippen molar-refractivity contribution in [3.05, 3.63) is 24.2 Å². The molecular weight excluding hydrogens is 218 g/mol. The first-order valence-electron chi connectivity index (χ1n) is 4.96. The number of nitrogens with one attached hydrogen (secondary N) is 1. The Balaban J connectivity index is 2.42. The standard InChI is InChI=1S/C10H11N7/c1-13-9-5-10(15-6-14-9)17-8(12)4-7(16-17)2-3-11/h4-6H,2,12H2,1H3,(H,13,14,15). The average Bonchev–Trinajstić information content (AvgIpc) is 2.71. The molecular formula is C10H11N7. The lowest BCUT2D eigenvalue weighted by Gasteiger charge is -2.04. The topological polar surface area (TPSA) is 105 Å². The lowest BCUT2D eigenvalue weighted by molar-refractivity contribution is 0.828. The van der Waals surface area contributed by atoms with Crippen molar-refractivity contribution >= 4 is 11.6 Å². The molecule has 2 heterocycles. The smallest absolute Gasteiger partial charge is 0.161 e. The predicted octanol–water partition coefficient (Wildman–Crippen LogP) is 0.352. The Labute approximate surface area is 97.9 Å². The van der Waals surface area contributed by atoms with Crippen LogP contribution < -0.4 is 11.1 Å². The van der Waals surface area contributed by atoms with Gasteiger partial charge in [0.2, 0.25) is 0 Å². The van der Waals surface area contributed by atoms with Gasteiger partial charge in [-0.05, 0) is 0 Å². The van der Waals surface area contributed by atoms with Crippen LogP contribution in [0.25, 0.3) is 5.82 Å². The fourth-order valence-corrected chi connectivity index (χ4v) is 1.40. The van der Waals surface area contributed by atoms with Gasteiger partial charge in [-0.2, -0.15) is 15.0 Å². The summed E-state index contributed by atoms with van der Waals surface area (Å²) in [5.74, 6) is 1.67. The van der Waals surface area contributed by atoms with Crippen LogP contribution >= 0.6 is 0 Å². The zero-order valence-electron chi connectivity index (χ0n) is 9.25. The molecule has 0 aliphatic heterocycles. The molecule has 7 nitrogen and oxygen atoms in total. The number of anilines is 2. The van der Waals surface area contributed by atoms with E-state index in [4.69, 9.17) is 11.0 Å². The van der Waals surface area contributed by atoms with Gasteiger partial charge in [-0.1, -0.05) is 0 Å². The molecule has 2 aromatic rings. The minimum atomic E-state index is 0.223. The molecule has 3 N–H and O–H groups in total. The molecule has 0 unspecified atom stereocenters. The lowest BCUT2D eigenvalue weighted by atomic mass is 10.3. The van der Waals surface area contributed by atoms with Crippen LogP contribution in [0, 0.1) is 11.3 Å². The first-order valence-corrected chi connectivity index (χ1v) is 4.96. The third kappa shape index (κ3) is 2.15. The number of rotatable bonds is 3. The lowest BCUT2D eigenvalue weighted by Crippen LogP contribution is -2.05. The number of aromatic nitrogens is 4. The van der Waals surface area contributed by atoms with E-state index in [1.165, 1.54) is 11.0 Å². The third-order valence-corrected chi connectivity index (χ3v) is 2.17. The van der Waals surface area contributed by atoms with E-state index in [0.29, 0.717) is 23.1 Å². The van der Waals surface area contributed by atoms with Crippen LogP contribution in [0.2, 0.25) is 0 Å². The summed E-state index contributed by atoms with van der Waals surface area (Å²) in [7, 11) is 1.76. The molecule has 0 aromatic carbocycles. The molecule has 0 spiro atoms. The van der Waals surface area contributed by atoms with Crippen LogP contribution in [0.15, 0.2) is 18.5 Å². The number of nitrogens with zero attached hydrogens (tertiary/aromatic N) is 5. The second kappa shape index (κ2) is 4.49. The second-order valence-corrected chi connectivity index (χ2v) is 3.32. The van der Waals surface area contributed by atoms with Gasteiger partial charge < -0.3 is 11.1 Å². The fraction of sp³-hybridized carbons (Fsp3) is 0.200. The highest BCUT2D eigenvalue weighted by Gasteiger charge is 2.08. The van der Waals surface area contributed by atoms with Crippen molar-refractivity contribution in [2.45, 2.75) is 6.42 Å². The van der Waals surface area contributed by atoms with E-state index >= 15 is 0 Å². The summed E-state index contributed by atoms with van der Waals surface area (Å²) in [5, 5.41) is 15.7. The maximum atomic E-state index is 8.60. The number of nitriles is 1. The van der Waals surface area contributed by atoms with Crippen molar-refractivity contribution < 1.29 is 0 Å². The van der Waals surface area contributed by atoms with Gasteiger partial charge in [-0.25, -0.2) is 9.97 Å². The zero-order chi connectivity index (χ0) is 12.3. The van der Waals surface area contributed by atoms with Gasteiger partial charge in [0.05, 0.1) is 18.2 Å². The first-order chi connectivity index (χ1) is 8.24. The SMILES string of the molecule is CNc1cc(-n2nc(CC#N)cc2N)ncn1. The zero-order valence-corrected chi connectivity index (χ0v) is 9.25. The molecule has 0 aliphatic rings. The minimum absolute atomic E-state index is 0.223. The van der Waals surface area contributed by atoms with Crippen LogP contribution in [0.5, 0.6) is 0 Å². The third-order valence-electron chi connectivity index (χ3n) is 2.17. The van der Waals surface area contributed by atoms with Crippen LogP contribution in [-0.4, -0.2) is 26.8 Å². The van der Waals surface area contributed by atoms with Gasteiger partial charge in [0.1, 0.15) is 18.0 Å². The Kier molecular flexibility index (Phi) is 2.87. The molecule has 2 aromatic heterocycles. The number of hydrogen-bond donors (Lipinski definition) is 2. The van der Waals surface area contributed by atoms with E-state index in [0.717, 1.165) is 0 Å². The predicted molar refractivity (Wildman–Crippen MR) is 62.4 cm³/mol. The fourth-order valence-electron chi connectivity index (χ4n) is 1.40. The van der Waals surface area contributed by atoms with Crippen LogP contribution in [0.4, 0.5) is 11.6 Å². The molecule has 0 fully saturated rings. The van der Waals surface area contributed by atoms with Gasteiger partial charge >= 0.3 is 0 Å². The van der Waals surface area contributed by atoms with Crippen molar-refractivity contribution in [2.75, 3.05) is 18.1 Å². The van der Waals surface area contributed by atoms with Crippen molar-refractivity contribution in [2.24, 2.45) is 0 Å². The quantitative estimate of drug-likeness (QED) is 0.786. The number of nitrogen functional groups attached to an aromatic ring is 1. The summed E-state index contributed by atoms with van der Waals surface area (Å²) >= 11 is 0. The summed E-state index contributed by atoms with van der Waals surface area (Å²) in [4.78, 5) is 8.08. The van der Waals surface area contributed by atoms with E-state index in [1.807, 2.05) is 6.07 Å². The largest absolute Gasteiger partial charge is 0.384 e. The maximum absolute atomic E-state index is 8.60. The highest BCUT2D eigenvalue weighted by molar-refractivity contribution is 5.45. The number of hydrogen-bond acceptors (Lipinski definition) is 6. The highest BCUT2D eigenvalue weighted by atomic mass is 15.3. The minimum Gasteiger partial charge on any atom is -0.384 e. The van der Waals surface area contributed by atoms with E-state index in [9.17, 15) is 0 Å². The molecule has 0 radical (unpaired) electrons. The van der Waals surface area contributed by atoms with Gasteiger partial charge in [0.15, 0.2) is 5.82 Å². The van der Waals surface area contributed by atoms with Crippen molar-refractivity contribution in [1.82, 2.24) is 19.7 Å². The van der Waals surface area contributed by atoms with Gasteiger partial charge in [-0.3, -0.25) is 0 Å². The molecule has 7 heteroatoms. The Hall–Kier alpha value is -2.62. The van der Waals surface area contributed by atoms with Gasteiger partial charge in [-0.15, -0.1) is 0 Å².